The Hall–Kier alpha value is -1.72. The summed E-state index contributed by atoms with van der Waals surface area (Å²) in [5.74, 6) is 4.12. The molecule has 2 amide bonds. The Morgan fingerprint density at radius 3 is 2.25 bits per heavy atom. The van der Waals surface area contributed by atoms with Crippen LogP contribution in [0.5, 0.6) is 0 Å². The Morgan fingerprint density at radius 2 is 1.55 bits per heavy atom. The first kappa shape index (κ1) is 25.9. The van der Waals surface area contributed by atoms with E-state index >= 15 is 0 Å². The Balaban J connectivity index is 1.00. The van der Waals surface area contributed by atoms with E-state index in [0.29, 0.717) is 51.7 Å². The lowest BCUT2D eigenvalue weighted by Gasteiger charge is -2.61. The van der Waals surface area contributed by atoms with E-state index in [1.165, 1.54) is 38.5 Å². The summed E-state index contributed by atoms with van der Waals surface area (Å²) in [6.07, 6.45) is 12.1. The zero-order valence-corrected chi connectivity index (χ0v) is 24.9. The smallest absolute Gasteiger partial charge is 0.261 e. The highest BCUT2D eigenvalue weighted by atomic mass is 16.7. The van der Waals surface area contributed by atoms with Crippen molar-refractivity contribution in [2.75, 3.05) is 6.61 Å². The number of benzene rings is 1. The van der Waals surface area contributed by atoms with Crippen molar-refractivity contribution < 1.29 is 19.1 Å². The molecule has 3 aliphatic heterocycles. The van der Waals surface area contributed by atoms with Crippen molar-refractivity contribution in [1.82, 2.24) is 4.90 Å². The molecule has 0 radical (unpaired) electrons. The molecule has 5 heteroatoms. The Kier molecular flexibility index (Phi) is 5.62. The van der Waals surface area contributed by atoms with Gasteiger partial charge in [-0.05, 0) is 116 Å². The van der Waals surface area contributed by atoms with E-state index in [4.69, 9.17) is 9.47 Å². The number of carbonyl (C=O) groups is 2. The van der Waals surface area contributed by atoms with Crippen LogP contribution < -0.4 is 0 Å². The molecule has 4 saturated carbocycles. The minimum absolute atomic E-state index is 0.0466. The largest absolute Gasteiger partial charge is 0.349 e. The number of rotatable bonds is 1. The molecule has 0 unspecified atom stereocenters. The lowest BCUT2D eigenvalue weighted by molar-refractivity contribution is -0.273. The van der Waals surface area contributed by atoms with Crippen LogP contribution in [0.3, 0.4) is 0 Å². The molecule has 0 bridgehead atoms. The van der Waals surface area contributed by atoms with E-state index in [1.807, 2.05) is 24.3 Å². The standard InChI is InChI=1S/C35H47NO4/c1-20-11-16-35(39-19-20)21(2)30-29(40-35)18-28-26-10-9-22-17-23(12-14-33(22,3)27(26)13-15-34(28,30)4)36-31(37)24-7-5-6-8-25(24)32(36)38/h5-8,20-23,26-30H,9-19H2,1-4H3/t20-,21-,22+,23+,26+,27-,28-,29-,30-,33-,34-,35+/m0/s1. The van der Waals surface area contributed by atoms with E-state index in [-0.39, 0.29) is 23.6 Å². The molecular weight excluding hydrogens is 498 g/mol. The number of ether oxygens (including phenoxy) is 2. The van der Waals surface area contributed by atoms with Crippen LogP contribution >= 0.6 is 0 Å². The van der Waals surface area contributed by atoms with Gasteiger partial charge in [0.05, 0.1) is 23.8 Å². The number of hydrogen-bond acceptors (Lipinski definition) is 4. The van der Waals surface area contributed by atoms with E-state index < -0.39 is 0 Å². The molecule has 1 aromatic carbocycles. The van der Waals surface area contributed by atoms with Crippen molar-refractivity contribution in [3.05, 3.63) is 35.4 Å². The van der Waals surface area contributed by atoms with Gasteiger partial charge in [0.25, 0.3) is 11.8 Å². The summed E-state index contributed by atoms with van der Waals surface area (Å²) in [5.41, 5.74) is 1.85. The van der Waals surface area contributed by atoms with Gasteiger partial charge in [-0.25, -0.2) is 0 Å². The van der Waals surface area contributed by atoms with E-state index in [9.17, 15) is 9.59 Å². The van der Waals surface area contributed by atoms with Crippen LogP contribution in [-0.4, -0.2) is 41.3 Å². The van der Waals surface area contributed by atoms with E-state index in [2.05, 4.69) is 27.7 Å². The molecule has 7 aliphatic rings. The van der Waals surface area contributed by atoms with Gasteiger partial charge in [-0.1, -0.05) is 39.8 Å². The minimum Gasteiger partial charge on any atom is -0.349 e. The van der Waals surface area contributed by atoms with Crippen molar-refractivity contribution in [2.24, 2.45) is 52.3 Å². The van der Waals surface area contributed by atoms with Gasteiger partial charge >= 0.3 is 0 Å². The molecule has 40 heavy (non-hydrogen) atoms. The third-order valence-electron chi connectivity index (χ3n) is 14.1. The second-order valence-corrected chi connectivity index (χ2v) is 15.6. The Labute approximate surface area is 239 Å². The molecule has 2 saturated heterocycles. The Morgan fingerprint density at radius 1 is 0.825 bits per heavy atom. The summed E-state index contributed by atoms with van der Waals surface area (Å²) < 4.78 is 13.5. The molecule has 4 aliphatic carbocycles. The van der Waals surface area contributed by atoms with Gasteiger partial charge < -0.3 is 9.47 Å². The summed E-state index contributed by atoms with van der Waals surface area (Å²) in [6, 6.07) is 7.42. The maximum Gasteiger partial charge on any atom is 0.261 e. The van der Waals surface area contributed by atoms with Crippen molar-refractivity contribution in [2.45, 2.75) is 110 Å². The molecule has 1 aromatic rings. The van der Waals surface area contributed by atoms with Gasteiger partial charge in [0, 0.05) is 18.4 Å². The predicted octanol–water partition coefficient (Wildman–Crippen LogP) is 7.10. The first-order valence-electron chi connectivity index (χ1n) is 16.4. The molecule has 12 atom stereocenters. The number of imide groups is 1. The van der Waals surface area contributed by atoms with E-state index in [0.717, 1.165) is 50.0 Å². The highest BCUT2D eigenvalue weighted by Gasteiger charge is 2.69. The highest BCUT2D eigenvalue weighted by Crippen LogP contribution is 2.71. The molecule has 8 rings (SSSR count). The maximum absolute atomic E-state index is 13.3. The fourth-order valence-corrected chi connectivity index (χ4v) is 12.0. The number of carbonyl (C=O) groups excluding carboxylic acids is 2. The monoisotopic (exact) mass is 545 g/mol. The predicted molar refractivity (Wildman–Crippen MR) is 152 cm³/mol. The van der Waals surface area contributed by atoms with Gasteiger partial charge in [-0.2, -0.15) is 0 Å². The highest BCUT2D eigenvalue weighted by molar-refractivity contribution is 6.21. The molecule has 6 fully saturated rings. The lowest BCUT2D eigenvalue weighted by atomic mass is 9.44. The van der Waals surface area contributed by atoms with E-state index in [1.54, 1.807) is 4.90 Å². The summed E-state index contributed by atoms with van der Waals surface area (Å²) in [5, 5.41) is 0. The fourth-order valence-electron chi connectivity index (χ4n) is 12.0. The van der Waals surface area contributed by atoms with Crippen LogP contribution in [0.15, 0.2) is 24.3 Å². The number of amides is 2. The summed E-state index contributed by atoms with van der Waals surface area (Å²) in [4.78, 5) is 28.2. The SMILES string of the molecule is C[C@H]1CC[C@@]2(OC1)O[C@H]1C[C@H]3[C@@H]4CC[C@@H]5C[C@H](N6C(=O)c7ccccc7C6=O)CC[C@]5(C)[C@H]4CC[C@]3(C)[C@H]1[C@@H]2C. The van der Waals surface area contributed by atoms with Gasteiger partial charge in [0.15, 0.2) is 5.79 Å². The van der Waals surface area contributed by atoms with Gasteiger partial charge in [-0.15, -0.1) is 0 Å². The van der Waals surface area contributed by atoms with Crippen LogP contribution in [0.25, 0.3) is 0 Å². The molecule has 0 N–H and O–H groups in total. The summed E-state index contributed by atoms with van der Waals surface area (Å²) in [7, 11) is 0. The van der Waals surface area contributed by atoms with Crippen molar-refractivity contribution in [3.63, 3.8) is 0 Å². The second-order valence-electron chi connectivity index (χ2n) is 15.6. The first-order valence-corrected chi connectivity index (χ1v) is 16.4. The van der Waals surface area contributed by atoms with Gasteiger partial charge in [0.2, 0.25) is 0 Å². The molecular formula is C35H47NO4. The third-order valence-corrected chi connectivity index (χ3v) is 14.1. The van der Waals surface area contributed by atoms with Crippen molar-refractivity contribution >= 4 is 11.8 Å². The van der Waals surface area contributed by atoms with Crippen LogP contribution in [-0.2, 0) is 9.47 Å². The lowest BCUT2D eigenvalue weighted by Crippen LogP contribution is -2.56. The van der Waals surface area contributed by atoms with Crippen LogP contribution in [0, 0.1) is 52.3 Å². The van der Waals surface area contributed by atoms with Crippen LogP contribution in [0.1, 0.15) is 113 Å². The van der Waals surface area contributed by atoms with Crippen molar-refractivity contribution in [3.8, 4) is 0 Å². The molecule has 5 nitrogen and oxygen atoms in total. The molecule has 216 valence electrons. The topological polar surface area (TPSA) is 55.8 Å². The number of hydrogen-bond donors (Lipinski definition) is 0. The minimum atomic E-state index is -0.335. The average molecular weight is 546 g/mol. The first-order chi connectivity index (χ1) is 19.2. The maximum atomic E-state index is 13.3. The van der Waals surface area contributed by atoms with Crippen LogP contribution in [0.4, 0.5) is 0 Å². The number of nitrogens with zero attached hydrogens (tertiary/aromatic N) is 1. The fraction of sp³-hybridized carbons (Fsp3) is 0.771. The zero-order chi connectivity index (χ0) is 27.6. The second kappa shape index (κ2) is 8.66. The van der Waals surface area contributed by atoms with Crippen LogP contribution in [0.2, 0.25) is 0 Å². The molecule has 0 aromatic heterocycles. The van der Waals surface area contributed by atoms with Gasteiger partial charge in [-0.3, -0.25) is 14.5 Å². The quantitative estimate of drug-likeness (QED) is 0.353. The van der Waals surface area contributed by atoms with Crippen molar-refractivity contribution in [1.29, 1.82) is 0 Å². The zero-order valence-electron chi connectivity index (χ0n) is 24.9. The Bertz CT molecular complexity index is 1200. The summed E-state index contributed by atoms with van der Waals surface area (Å²) in [6.45, 7) is 10.8. The average Bonchev–Trinajstić information content (AvgIpc) is 3.50. The molecule has 3 heterocycles. The number of fused-ring (bicyclic) bond motifs is 8. The summed E-state index contributed by atoms with van der Waals surface area (Å²) >= 11 is 0. The molecule has 1 spiro atoms. The van der Waals surface area contributed by atoms with Gasteiger partial charge in [0.1, 0.15) is 0 Å². The third kappa shape index (κ3) is 3.28. The normalized spacial score (nSPS) is 51.3.